The number of carbonyl (C=O) groups is 2. The van der Waals surface area contributed by atoms with Gasteiger partial charge in [0.15, 0.2) is 0 Å². The van der Waals surface area contributed by atoms with E-state index in [1.165, 1.54) is 0 Å². The second-order valence-corrected chi connectivity index (χ2v) is 23.3. The molecule has 9 heteroatoms. The minimum atomic E-state index is -1.04. The predicted octanol–water partition coefficient (Wildman–Crippen LogP) is 7.77. The molecule has 58 heavy (non-hydrogen) atoms. The Morgan fingerprint density at radius 3 is 1.86 bits per heavy atom. The standard InChI is InChI=1S/C49H80O9/c1-8-9-26(2)31-11-14-34-43-36(23-40(54)47(31,34)6)46(5)19-16-29(50)24-49(46,25-38(43)52)44(57)58-30-17-18-45(4)28(20-30)21-37(51)42-33-13-12-32(27(3)10-15-41(55)56)48(33,7)39(53)22-35(42)45/h26-40,42-43,50-54H,8-25H2,1-7H3,(H,55,56)/t26-,27-,28+,29-,30-,31-,32-,33+,34?,35+,36?,37-,38-,39+,40+,42+,43?,45+,46-,47-,48-,49?/m1/s1. The monoisotopic (exact) mass is 813 g/mol. The van der Waals surface area contributed by atoms with Crippen LogP contribution < -0.4 is 0 Å². The molecule has 8 aliphatic rings. The third kappa shape index (κ3) is 6.20. The van der Waals surface area contributed by atoms with E-state index in [4.69, 9.17) is 4.74 Å². The number of fused-ring (bicyclic) bond motifs is 10. The first-order valence-electron chi connectivity index (χ1n) is 24.1. The second-order valence-electron chi connectivity index (χ2n) is 23.3. The van der Waals surface area contributed by atoms with Gasteiger partial charge in [0, 0.05) is 6.42 Å². The van der Waals surface area contributed by atoms with Gasteiger partial charge in [-0.15, -0.1) is 0 Å². The van der Waals surface area contributed by atoms with Crippen LogP contribution in [-0.4, -0.2) is 79.2 Å². The van der Waals surface area contributed by atoms with E-state index < -0.39 is 47.3 Å². The van der Waals surface area contributed by atoms with E-state index in [0.29, 0.717) is 69.6 Å². The van der Waals surface area contributed by atoms with Crippen LogP contribution in [0.4, 0.5) is 0 Å². The highest BCUT2D eigenvalue weighted by Crippen LogP contribution is 2.73. The number of aliphatic hydroxyl groups is 5. The van der Waals surface area contributed by atoms with E-state index >= 15 is 4.79 Å². The Morgan fingerprint density at radius 1 is 0.672 bits per heavy atom. The average Bonchev–Trinajstić information content (AvgIpc) is 3.71. The van der Waals surface area contributed by atoms with Crippen molar-refractivity contribution >= 4 is 11.9 Å². The van der Waals surface area contributed by atoms with Gasteiger partial charge in [0.2, 0.25) is 0 Å². The summed E-state index contributed by atoms with van der Waals surface area (Å²) in [5, 5.41) is 69.3. The van der Waals surface area contributed by atoms with Crippen molar-refractivity contribution in [2.24, 2.45) is 92.2 Å². The summed E-state index contributed by atoms with van der Waals surface area (Å²) in [6, 6.07) is 0. The summed E-state index contributed by atoms with van der Waals surface area (Å²) in [4.78, 5) is 26.5. The number of rotatable bonds is 9. The first-order valence-corrected chi connectivity index (χ1v) is 24.1. The van der Waals surface area contributed by atoms with Crippen molar-refractivity contribution < 1.29 is 45.0 Å². The number of aliphatic carboxylic acids is 1. The fourth-order valence-electron chi connectivity index (χ4n) is 18.3. The highest BCUT2D eigenvalue weighted by molar-refractivity contribution is 5.79. The number of hydrogen-bond donors (Lipinski definition) is 6. The van der Waals surface area contributed by atoms with Gasteiger partial charge in [-0.2, -0.15) is 0 Å². The van der Waals surface area contributed by atoms with E-state index in [9.17, 15) is 35.4 Å². The highest BCUT2D eigenvalue weighted by atomic mass is 16.5. The molecule has 8 rings (SSSR count). The van der Waals surface area contributed by atoms with Gasteiger partial charge in [-0.3, -0.25) is 9.59 Å². The van der Waals surface area contributed by atoms with Crippen LogP contribution in [0.5, 0.6) is 0 Å². The molecule has 0 aliphatic heterocycles. The lowest BCUT2D eigenvalue weighted by Crippen LogP contribution is -2.68. The van der Waals surface area contributed by atoms with Gasteiger partial charge in [0.1, 0.15) is 6.10 Å². The van der Waals surface area contributed by atoms with Crippen LogP contribution in [0.2, 0.25) is 0 Å². The molecule has 4 unspecified atom stereocenters. The Bertz CT molecular complexity index is 1550. The van der Waals surface area contributed by atoms with E-state index in [2.05, 4.69) is 48.5 Å². The van der Waals surface area contributed by atoms with Gasteiger partial charge in [0.05, 0.1) is 35.9 Å². The van der Waals surface area contributed by atoms with Crippen molar-refractivity contribution in [1.29, 1.82) is 0 Å². The summed E-state index contributed by atoms with van der Waals surface area (Å²) >= 11 is 0. The van der Waals surface area contributed by atoms with Crippen LogP contribution in [0, 0.1) is 92.2 Å². The fraction of sp³-hybridized carbons (Fsp3) is 0.959. The summed E-state index contributed by atoms with van der Waals surface area (Å²) in [5.74, 6) is 1.01. The Kier molecular flexibility index (Phi) is 11.4. The first-order chi connectivity index (χ1) is 27.3. The van der Waals surface area contributed by atoms with Crippen LogP contribution in [0.3, 0.4) is 0 Å². The molecule has 22 atom stereocenters. The van der Waals surface area contributed by atoms with Crippen molar-refractivity contribution in [1.82, 2.24) is 0 Å². The number of esters is 1. The van der Waals surface area contributed by atoms with E-state index in [-0.39, 0.29) is 94.4 Å². The fourth-order valence-corrected chi connectivity index (χ4v) is 18.3. The molecule has 0 aromatic rings. The summed E-state index contributed by atoms with van der Waals surface area (Å²) < 4.78 is 6.70. The Balaban J connectivity index is 0.999. The molecule has 8 saturated carbocycles. The zero-order chi connectivity index (χ0) is 41.9. The zero-order valence-corrected chi connectivity index (χ0v) is 37.0. The molecule has 0 heterocycles. The maximum atomic E-state index is 15.1. The highest BCUT2D eigenvalue weighted by Gasteiger charge is 2.72. The minimum Gasteiger partial charge on any atom is -0.481 e. The van der Waals surface area contributed by atoms with Crippen LogP contribution in [0.25, 0.3) is 0 Å². The molecule has 0 saturated heterocycles. The van der Waals surface area contributed by atoms with Gasteiger partial charge < -0.3 is 35.4 Å². The smallest absolute Gasteiger partial charge is 0.313 e. The number of ether oxygens (including phenoxy) is 1. The normalized spacial score (nSPS) is 54.4. The van der Waals surface area contributed by atoms with Gasteiger partial charge >= 0.3 is 11.9 Å². The van der Waals surface area contributed by atoms with Crippen molar-refractivity contribution in [2.75, 3.05) is 0 Å². The quantitative estimate of drug-likeness (QED) is 0.128. The number of aliphatic hydroxyl groups excluding tert-OH is 5. The third-order valence-corrected chi connectivity index (χ3v) is 21.4. The zero-order valence-electron chi connectivity index (χ0n) is 37.0. The van der Waals surface area contributed by atoms with Gasteiger partial charge in [-0.25, -0.2) is 0 Å². The van der Waals surface area contributed by atoms with E-state index in [0.717, 1.165) is 44.9 Å². The Labute approximate surface area is 348 Å². The maximum Gasteiger partial charge on any atom is 0.313 e. The van der Waals surface area contributed by atoms with Crippen LogP contribution in [-0.2, 0) is 14.3 Å². The molecule has 0 radical (unpaired) electrons. The number of carboxylic acid groups (broad SMARTS) is 1. The molecule has 0 aromatic carbocycles. The molecule has 8 aliphatic carbocycles. The topological polar surface area (TPSA) is 165 Å². The van der Waals surface area contributed by atoms with Crippen LogP contribution in [0.15, 0.2) is 0 Å². The second kappa shape index (κ2) is 15.2. The molecule has 0 amide bonds. The molecule has 8 fully saturated rings. The van der Waals surface area contributed by atoms with Crippen molar-refractivity contribution in [3.8, 4) is 0 Å². The number of hydrogen-bond acceptors (Lipinski definition) is 8. The first kappa shape index (κ1) is 43.4. The van der Waals surface area contributed by atoms with E-state index in [1.54, 1.807) is 0 Å². The molecule has 0 bridgehead atoms. The largest absolute Gasteiger partial charge is 0.481 e. The number of carbonyl (C=O) groups excluding carboxylic acids is 1. The lowest BCUT2D eigenvalue weighted by Gasteiger charge is -2.66. The summed E-state index contributed by atoms with van der Waals surface area (Å²) in [7, 11) is 0. The van der Waals surface area contributed by atoms with Crippen LogP contribution in [0.1, 0.15) is 164 Å². The van der Waals surface area contributed by atoms with Gasteiger partial charge in [-0.05, 0) is 183 Å². The van der Waals surface area contributed by atoms with Crippen molar-refractivity contribution in [2.45, 2.75) is 201 Å². The van der Waals surface area contributed by atoms with Crippen molar-refractivity contribution in [3.05, 3.63) is 0 Å². The molecule has 0 spiro atoms. The predicted molar refractivity (Wildman–Crippen MR) is 221 cm³/mol. The number of carboxylic acids is 1. The molecule has 330 valence electrons. The SMILES string of the molecule is CCC[C@@H](C)[C@H]1CCC2C3C(C[C@H](O)[C@@]21C)[C@@]1(C)CC[C@@H](O)CC1(C(=O)O[C@@H]1CC[C@@]2(C)[C@@H](C1)C[C@@H](O)[C@@H]1[C@@H]2C[C@H](O)[C@]2(C)[C@@H]([C@H](C)CCC(=O)O)CC[C@@H]12)C[C@H]3O. The molecular formula is C49H80O9. The third-order valence-electron chi connectivity index (χ3n) is 21.4. The lowest BCUT2D eigenvalue weighted by molar-refractivity contribution is -0.249. The van der Waals surface area contributed by atoms with Crippen molar-refractivity contribution in [3.63, 3.8) is 0 Å². The molecule has 9 nitrogen and oxygen atoms in total. The lowest BCUT2D eigenvalue weighted by atomic mass is 9.38. The summed E-state index contributed by atoms with van der Waals surface area (Å²) in [5.41, 5.74) is -2.27. The maximum absolute atomic E-state index is 15.1. The average molecular weight is 813 g/mol. The molecule has 6 N–H and O–H groups in total. The Hall–Kier alpha value is -1.26. The molecular weight excluding hydrogens is 733 g/mol. The summed E-state index contributed by atoms with van der Waals surface area (Å²) in [6.45, 7) is 15.8. The van der Waals surface area contributed by atoms with Crippen LogP contribution >= 0.6 is 0 Å². The van der Waals surface area contributed by atoms with E-state index in [1.807, 2.05) is 0 Å². The Morgan fingerprint density at radius 2 is 1.26 bits per heavy atom. The molecule has 0 aromatic heterocycles. The van der Waals surface area contributed by atoms with Gasteiger partial charge in [-0.1, -0.05) is 61.3 Å². The van der Waals surface area contributed by atoms with Gasteiger partial charge in [0.25, 0.3) is 0 Å². The minimum absolute atomic E-state index is 0.0104. The summed E-state index contributed by atoms with van der Waals surface area (Å²) in [6.07, 6.45) is 9.73.